The molecule has 0 saturated heterocycles. The van der Waals surface area contributed by atoms with Gasteiger partial charge in [0.2, 0.25) is 5.91 Å². The molecule has 0 aromatic heterocycles. The number of anilines is 2. The highest BCUT2D eigenvalue weighted by Crippen LogP contribution is 2.31. The lowest BCUT2D eigenvalue weighted by Crippen LogP contribution is -2.38. The zero-order chi connectivity index (χ0) is 24.3. The Morgan fingerprint density at radius 3 is 2.15 bits per heavy atom. The van der Waals surface area contributed by atoms with Crippen LogP contribution in [0.2, 0.25) is 10.0 Å². The third-order valence-corrected chi connectivity index (χ3v) is 7.45. The lowest BCUT2D eigenvalue weighted by atomic mass is 9.98. The van der Waals surface area contributed by atoms with Crippen molar-refractivity contribution in [3.63, 3.8) is 0 Å². The molecule has 0 saturated carbocycles. The largest absolute Gasteiger partial charge is 0.324 e. The summed E-state index contributed by atoms with van der Waals surface area (Å²) in [5.41, 5.74) is 3.69. The lowest BCUT2D eigenvalue weighted by Gasteiger charge is -2.25. The standard InChI is InChI=1S/C25H26Cl2N2O3S/c1-16(2)23-7-5-6-18(4)25(23)28-24(30)15-29(21-13-19(26)12-20(27)14-21)33(31,32)22-10-8-17(3)9-11-22/h5-14,16H,15H2,1-4H3,(H,28,30). The Kier molecular flexibility index (Phi) is 7.73. The quantitative estimate of drug-likeness (QED) is 0.395. The number of aryl methyl sites for hydroxylation is 2. The molecule has 8 heteroatoms. The number of nitrogens with zero attached hydrogens (tertiary/aromatic N) is 1. The molecular formula is C25H26Cl2N2O3S. The van der Waals surface area contributed by atoms with Crippen LogP contribution in [0.5, 0.6) is 0 Å². The van der Waals surface area contributed by atoms with Crippen LogP contribution in [0.15, 0.2) is 65.6 Å². The van der Waals surface area contributed by atoms with Crippen molar-refractivity contribution in [2.24, 2.45) is 0 Å². The lowest BCUT2D eigenvalue weighted by molar-refractivity contribution is -0.114. The fourth-order valence-electron chi connectivity index (χ4n) is 3.49. The molecule has 33 heavy (non-hydrogen) atoms. The number of hydrogen-bond donors (Lipinski definition) is 1. The number of nitrogens with one attached hydrogen (secondary N) is 1. The van der Waals surface area contributed by atoms with Crippen molar-refractivity contribution in [2.75, 3.05) is 16.2 Å². The second-order valence-electron chi connectivity index (χ2n) is 8.19. The van der Waals surface area contributed by atoms with Gasteiger partial charge < -0.3 is 5.32 Å². The van der Waals surface area contributed by atoms with Crippen LogP contribution in [-0.2, 0) is 14.8 Å². The molecule has 0 aliphatic heterocycles. The van der Waals surface area contributed by atoms with Gasteiger partial charge in [-0.1, -0.05) is 72.9 Å². The molecule has 0 unspecified atom stereocenters. The van der Waals surface area contributed by atoms with Crippen LogP contribution in [0.1, 0.15) is 36.5 Å². The van der Waals surface area contributed by atoms with Crippen molar-refractivity contribution in [2.45, 2.75) is 38.5 Å². The van der Waals surface area contributed by atoms with Gasteiger partial charge in [0.15, 0.2) is 0 Å². The van der Waals surface area contributed by atoms with Crippen LogP contribution in [0.3, 0.4) is 0 Å². The van der Waals surface area contributed by atoms with E-state index >= 15 is 0 Å². The van der Waals surface area contributed by atoms with E-state index in [1.807, 2.05) is 45.9 Å². The molecule has 1 N–H and O–H groups in total. The van der Waals surface area contributed by atoms with Crippen LogP contribution in [0.4, 0.5) is 11.4 Å². The van der Waals surface area contributed by atoms with Crippen molar-refractivity contribution in [1.29, 1.82) is 0 Å². The number of para-hydroxylation sites is 1. The second kappa shape index (κ2) is 10.2. The molecule has 3 aromatic rings. The summed E-state index contributed by atoms with van der Waals surface area (Å²) >= 11 is 12.3. The van der Waals surface area contributed by atoms with E-state index in [1.54, 1.807) is 12.1 Å². The summed E-state index contributed by atoms with van der Waals surface area (Å²) in [5, 5.41) is 3.44. The van der Waals surface area contributed by atoms with E-state index in [2.05, 4.69) is 5.32 Å². The molecular weight excluding hydrogens is 479 g/mol. The Bertz CT molecular complexity index is 1250. The number of benzene rings is 3. The van der Waals surface area contributed by atoms with E-state index in [0.29, 0.717) is 5.69 Å². The summed E-state index contributed by atoms with van der Waals surface area (Å²) in [6.07, 6.45) is 0. The van der Waals surface area contributed by atoms with Crippen molar-refractivity contribution in [1.82, 2.24) is 0 Å². The van der Waals surface area contributed by atoms with Gasteiger partial charge in [0.25, 0.3) is 10.0 Å². The van der Waals surface area contributed by atoms with Gasteiger partial charge in [0.1, 0.15) is 6.54 Å². The van der Waals surface area contributed by atoms with E-state index in [4.69, 9.17) is 23.2 Å². The maximum atomic E-state index is 13.6. The van der Waals surface area contributed by atoms with Gasteiger partial charge >= 0.3 is 0 Å². The van der Waals surface area contributed by atoms with Gasteiger partial charge in [0.05, 0.1) is 10.6 Å². The molecule has 0 radical (unpaired) electrons. The molecule has 0 aliphatic carbocycles. The molecule has 3 rings (SSSR count). The molecule has 1 amide bonds. The third kappa shape index (κ3) is 5.88. The predicted octanol–water partition coefficient (Wildman–Crippen LogP) is 6.57. The highest BCUT2D eigenvalue weighted by Gasteiger charge is 2.28. The monoisotopic (exact) mass is 504 g/mol. The highest BCUT2D eigenvalue weighted by atomic mass is 35.5. The number of carbonyl (C=O) groups excluding carboxylic acids is 1. The summed E-state index contributed by atoms with van der Waals surface area (Å²) in [4.78, 5) is 13.2. The first-order valence-electron chi connectivity index (χ1n) is 10.4. The summed E-state index contributed by atoms with van der Waals surface area (Å²) < 4.78 is 28.1. The van der Waals surface area contributed by atoms with Crippen molar-refractivity contribution < 1.29 is 13.2 Å². The van der Waals surface area contributed by atoms with E-state index in [9.17, 15) is 13.2 Å². The molecule has 3 aromatic carbocycles. The molecule has 0 aliphatic rings. The molecule has 0 bridgehead atoms. The number of halogens is 2. The average molecular weight is 505 g/mol. The first-order valence-corrected chi connectivity index (χ1v) is 12.6. The third-order valence-electron chi connectivity index (χ3n) is 5.22. The summed E-state index contributed by atoms with van der Waals surface area (Å²) in [6.45, 7) is 7.39. The molecule has 0 heterocycles. The number of rotatable bonds is 7. The molecule has 0 spiro atoms. The Labute approximate surface area is 205 Å². The Balaban J connectivity index is 2.02. The predicted molar refractivity (Wildman–Crippen MR) is 136 cm³/mol. The molecule has 5 nitrogen and oxygen atoms in total. The molecule has 0 fully saturated rings. The number of sulfonamides is 1. The smallest absolute Gasteiger partial charge is 0.264 e. The van der Waals surface area contributed by atoms with Crippen molar-refractivity contribution in [3.05, 3.63) is 87.4 Å². The Morgan fingerprint density at radius 2 is 1.58 bits per heavy atom. The minimum absolute atomic E-state index is 0.0655. The van der Waals surface area contributed by atoms with Crippen LogP contribution in [0, 0.1) is 13.8 Å². The second-order valence-corrected chi connectivity index (χ2v) is 10.9. The van der Waals surface area contributed by atoms with Gasteiger partial charge in [-0.2, -0.15) is 0 Å². The average Bonchev–Trinajstić information content (AvgIpc) is 2.72. The molecule has 174 valence electrons. The first kappa shape index (κ1) is 25.1. The van der Waals surface area contributed by atoms with Crippen molar-refractivity contribution in [3.8, 4) is 0 Å². The highest BCUT2D eigenvalue weighted by molar-refractivity contribution is 7.92. The van der Waals surface area contributed by atoms with Gasteiger partial charge in [-0.3, -0.25) is 9.10 Å². The topological polar surface area (TPSA) is 66.5 Å². The van der Waals surface area contributed by atoms with Crippen LogP contribution in [-0.4, -0.2) is 20.9 Å². The summed E-state index contributed by atoms with van der Waals surface area (Å²) in [5.74, 6) is -0.294. The summed E-state index contributed by atoms with van der Waals surface area (Å²) in [7, 11) is -4.07. The first-order chi connectivity index (χ1) is 15.5. The van der Waals surface area contributed by atoms with Gasteiger partial charge in [-0.25, -0.2) is 8.42 Å². The van der Waals surface area contributed by atoms with Gasteiger partial charge in [-0.05, 0) is 61.2 Å². The van der Waals surface area contributed by atoms with Crippen LogP contribution in [0.25, 0.3) is 0 Å². The Hall–Kier alpha value is -2.54. The fraction of sp³-hybridized carbons (Fsp3) is 0.240. The van der Waals surface area contributed by atoms with Crippen LogP contribution < -0.4 is 9.62 Å². The van der Waals surface area contributed by atoms with E-state index in [-0.39, 0.29) is 26.5 Å². The summed E-state index contributed by atoms with van der Waals surface area (Å²) in [6, 6.07) is 16.7. The maximum absolute atomic E-state index is 13.6. The SMILES string of the molecule is Cc1ccc(S(=O)(=O)N(CC(=O)Nc2c(C)cccc2C(C)C)c2cc(Cl)cc(Cl)c2)cc1. The van der Waals surface area contributed by atoms with E-state index < -0.39 is 22.5 Å². The number of amides is 1. The minimum Gasteiger partial charge on any atom is -0.324 e. The van der Waals surface area contributed by atoms with E-state index in [1.165, 1.54) is 30.3 Å². The van der Waals surface area contributed by atoms with Crippen LogP contribution >= 0.6 is 23.2 Å². The Morgan fingerprint density at radius 1 is 0.970 bits per heavy atom. The zero-order valence-electron chi connectivity index (χ0n) is 18.9. The van der Waals surface area contributed by atoms with E-state index in [0.717, 1.165) is 21.0 Å². The maximum Gasteiger partial charge on any atom is 0.264 e. The van der Waals surface area contributed by atoms with Gasteiger partial charge in [0, 0.05) is 15.7 Å². The van der Waals surface area contributed by atoms with Crippen molar-refractivity contribution >= 4 is 50.5 Å². The molecule has 0 atom stereocenters. The normalized spacial score (nSPS) is 11.5. The number of carbonyl (C=O) groups is 1. The minimum atomic E-state index is -4.07. The number of hydrogen-bond acceptors (Lipinski definition) is 3. The van der Waals surface area contributed by atoms with Gasteiger partial charge in [-0.15, -0.1) is 0 Å². The zero-order valence-corrected chi connectivity index (χ0v) is 21.2. The fourth-order valence-corrected chi connectivity index (χ4v) is 5.41.